The van der Waals surface area contributed by atoms with Crippen molar-refractivity contribution in [3.8, 4) is 0 Å². The van der Waals surface area contributed by atoms with Crippen molar-refractivity contribution in [2.75, 3.05) is 19.6 Å². The predicted molar refractivity (Wildman–Crippen MR) is 81.1 cm³/mol. The quantitative estimate of drug-likeness (QED) is 0.844. The molecule has 1 unspecified atom stereocenters. The van der Waals surface area contributed by atoms with Gasteiger partial charge in [-0.1, -0.05) is 28.1 Å². The van der Waals surface area contributed by atoms with Crippen LogP contribution in [0, 0.1) is 5.92 Å². The van der Waals surface area contributed by atoms with Crippen molar-refractivity contribution in [3.05, 3.63) is 34.3 Å². The van der Waals surface area contributed by atoms with Crippen LogP contribution in [-0.2, 0) is 11.2 Å². The number of benzene rings is 1. The third kappa shape index (κ3) is 5.33. The van der Waals surface area contributed by atoms with Crippen molar-refractivity contribution in [3.63, 3.8) is 0 Å². The maximum absolute atomic E-state index is 11.7. The van der Waals surface area contributed by atoms with Gasteiger partial charge in [0.15, 0.2) is 0 Å². The summed E-state index contributed by atoms with van der Waals surface area (Å²) < 4.78 is 1.10. The van der Waals surface area contributed by atoms with Crippen molar-refractivity contribution in [1.29, 1.82) is 0 Å². The highest BCUT2D eigenvalue weighted by Crippen LogP contribution is 2.12. The fourth-order valence-electron chi connectivity index (χ4n) is 2.34. The van der Waals surface area contributed by atoms with Crippen LogP contribution in [0.3, 0.4) is 0 Å². The zero-order valence-electron chi connectivity index (χ0n) is 11.1. The van der Waals surface area contributed by atoms with Gasteiger partial charge in [0.1, 0.15) is 0 Å². The standard InChI is InChI=1S/C15H21BrN2O/c16-14-6-4-12(5-7-14)2-1-3-15(19)18-11-13-8-9-17-10-13/h4-7,13,17H,1-3,8-11H2,(H,18,19). The molecule has 1 aromatic rings. The van der Waals surface area contributed by atoms with Crippen LogP contribution in [-0.4, -0.2) is 25.5 Å². The molecule has 1 fully saturated rings. The molecule has 1 atom stereocenters. The van der Waals surface area contributed by atoms with Crippen LogP contribution in [0.2, 0.25) is 0 Å². The van der Waals surface area contributed by atoms with Crippen LogP contribution >= 0.6 is 15.9 Å². The minimum atomic E-state index is 0.184. The van der Waals surface area contributed by atoms with Gasteiger partial charge >= 0.3 is 0 Å². The first-order valence-electron chi connectivity index (χ1n) is 6.96. The first-order valence-corrected chi connectivity index (χ1v) is 7.75. The molecule has 4 heteroatoms. The van der Waals surface area contributed by atoms with Gasteiger partial charge in [0.25, 0.3) is 0 Å². The van der Waals surface area contributed by atoms with Gasteiger partial charge in [-0.25, -0.2) is 0 Å². The lowest BCUT2D eigenvalue weighted by molar-refractivity contribution is -0.121. The lowest BCUT2D eigenvalue weighted by Crippen LogP contribution is -2.30. The van der Waals surface area contributed by atoms with E-state index in [1.807, 2.05) is 12.1 Å². The third-order valence-corrected chi connectivity index (χ3v) is 4.06. The number of aryl methyl sites for hydroxylation is 1. The van der Waals surface area contributed by atoms with E-state index in [1.165, 1.54) is 12.0 Å². The normalized spacial score (nSPS) is 18.5. The molecule has 0 aromatic heterocycles. The molecule has 0 saturated carbocycles. The van der Waals surface area contributed by atoms with Crippen LogP contribution in [0.1, 0.15) is 24.8 Å². The van der Waals surface area contributed by atoms with E-state index >= 15 is 0 Å². The van der Waals surface area contributed by atoms with Crippen molar-refractivity contribution < 1.29 is 4.79 Å². The fraction of sp³-hybridized carbons (Fsp3) is 0.533. The molecular weight excluding hydrogens is 304 g/mol. The first-order chi connectivity index (χ1) is 9.24. The summed E-state index contributed by atoms with van der Waals surface area (Å²) in [6.45, 7) is 2.95. The van der Waals surface area contributed by atoms with Crippen molar-refractivity contribution in [2.45, 2.75) is 25.7 Å². The van der Waals surface area contributed by atoms with Crippen molar-refractivity contribution in [1.82, 2.24) is 10.6 Å². The summed E-state index contributed by atoms with van der Waals surface area (Å²) >= 11 is 3.42. The zero-order valence-corrected chi connectivity index (χ0v) is 12.7. The van der Waals surface area contributed by atoms with Crippen molar-refractivity contribution in [2.24, 2.45) is 5.92 Å². The Morgan fingerprint density at radius 1 is 1.37 bits per heavy atom. The highest BCUT2D eigenvalue weighted by atomic mass is 79.9. The minimum absolute atomic E-state index is 0.184. The Morgan fingerprint density at radius 3 is 2.84 bits per heavy atom. The Balaban J connectivity index is 1.59. The van der Waals surface area contributed by atoms with E-state index in [9.17, 15) is 4.79 Å². The summed E-state index contributed by atoms with van der Waals surface area (Å²) in [7, 11) is 0. The van der Waals surface area contributed by atoms with E-state index in [0.29, 0.717) is 12.3 Å². The summed E-state index contributed by atoms with van der Waals surface area (Å²) in [6, 6.07) is 8.30. The maximum atomic E-state index is 11.7. The lowest BCUT2D eigenvalue weighted by Gasteiger charge is -2.10. The number of rotatable bonds is 6. The summed E-state index contributed by atoms with van der Waals surface area (Å²) in [4.78, 5) is 11.7. The largest absolute Gasteiger partial charge is 0.356 e. The number of nitrogens with one attached hydrogen (secondary N) is 2. The summed E-state index contributed by atoms with van der Waals surface area (Å²) in [6.07, 6.45) is 3.68. The smallest absolute Gasteiger partial charge is 0.220 e. The second-order valence-corrected chi connectivity index (χ2v) is 6.06. The minimum Gasteiger partial charge on any atom is -0.356 e. The Labute approximate surface area is 123 Å². The van der Waals surface area contributed by atoms with Gasteiger partial charge in [-0.2, -0.15) is 0 Å². The average Bonchev–Trinajstić information content (AvgIpc) is 2.92. The second-order valence-electron chi connectivity index (χ2n) is 5.14. The molecule has 104 valence electrons. The second kappa shape index (κ2) is 7.65. The number of hydrogen-bond acceptors (Lipinski definition) is 2. The third-order valence-electron chi connectivity index (χ3n) is 3.53. The molecule has 1 aliphatic rings. The number of carbonyl (C=O) groups excluding carboxylic acids is 1. The SMILES string of the molecule is O=C(CCCc1ccc(Br)cc1)NCC1CCNC1. The molecule has 1 saturated heterocycles. The molecule has 1 aromatic carbocycles. The van der Waals surface area contributed by atoms with Crippen LogP contribution in [0.5, 0.6) is 0 Å². The highest BCUT2D eigenvalue weighted by Gasteiger charge is 2.14. The van der Waals surface area contributed by atoms with E-state index in [-0.39, 0.29) is 5.91 Å². The molecular formula is C15H21BrN2O. The molecule has 1 amide bonds. The van der Waals surface area contributed by atoms with Crippen molar-refractivity contribution >= 4 is 21.8 Å². The molecule has 2 N–H and O–H groups in total. The van der Waals surface area contributed by atoms with Gasteiger partial charge in [0, 0.05) is 17.4 Å². The summed E-state index contributed by atoms with van der Waals surface area (Å²) in [5, 5.41) is 6.34. The summed E-state index contributed by atoms with van der Waals surface area (Å²) in [5.41, 5.74) is 1.29. The highest BCUT2D eigenvalue weighted by molar-refractivity contribution is 9.10. The molecule has 0 spiro atoms. The van der Waals surface area contributed by atoms with E-state index < -0.39 is 0 Å². The van der Waals surface area contributed by atoms with E-state index in [0.717, 1.165) is 36.9 Å². The van der Waals surface area contributed by atoms with Gasteiger partial charge in [-0.3, -0.25) is 4.79 Å². The topological polar surface area (TPSA) is 41.1 Å². The fourth-order valence-corrected chi connectivity index (χ4v) is 2.60. The average molecular weight is 325 g/mol. The molecule has 1 aliphatic heterocycles. The van der Waals surface area contributed by atoms with Crippen LogP contribution in [0.15, 0.2) is 28.7 Å². The Hall–Kier alpha value is -0.870. The first kappa shape index (κ1) is 14.5. The lowest BCUT2D eigenvalue weighted by atomic mass is 10.1. The Bertz CT molecular complexity index is 399. The monoisotopic (exact) mass is 324 g/mol. The van der Waals surface area contributed by atoms with E-state index in [2.05, 4.69) is 38.7 Å². The van der Waals surface area contributed by atoms with E-state index in [1.54, 1.807) is 0 Å². The Kier molecular flexibility index (Phi) is 5.86. The predicted octanol–water partition coefficient (Wildman–Crippen LogP) is 2.50. The molecule has 0 radical (unpaired) electrons. The zero-order chi connectivity index (χ0) is 13.5. The number of carbonyl (C=O) groups is 1. The summed E-state index contributed by atoms with van der Waals surface area (Å²) in [5.74, 6) is 0.805. The van der Waals surface area contributed by atoms with Gasteiger partial charge < -0.3 is 10.6 Å². The molecule has 0 bridgehead atoms. The van der Waals surface area contributed by atoms with Gasteiger partial charge in [-0.05, 0) is 56.0 Å². The molecule has 2 rings (SSSR count). The van der Waals surface area contributed by atoms with E-state index in [4.69, 9.17) is 0 Å². The van der Waals surface area contributed by atoms with Crippen LogP contribution in [0.4, 0.5) is 0 Å². The Morgan fingerprint density at radius 2 is 2.16 bits per heavy atom. The molecule has 0 aliphatic carbocycles. The number of amides is 1. The molecule has 3 nitrogen and oxygen atoms in total. The number of halogens is 1. The molecule has 1 heterocycles. The van der Waals surface area contributed by atoms with Gasteiger partial charge in [0.05, 0.1) is 0 Å². The van der Waals surface area contributed by atoms with Gasteiger partial charge in [0.2, 0.25) is 5.91 Å². The van der Waals surface area contributed by atoms with Crippen LogP contribution < -0.4 is 10.6 Å². The van der Waals surface area contributed by atoms with Crippen LogP contribution in [0.25, 0.3) is 0 Å². The maximum Gasteiger partial charge on any atom is 0.220 e. The van der Waals surface area contributed by atoms with Gasteiger partial charge in [-0.15, -0.1) is 0 Å². The molecule has 19 heavy (non-hydrogen) atoms. The number of hydrogen-bond donors (Lipinski definition) is 2.